The Morgan fingerprint density at radius 3 is 2.96 bits per heavy atom. The van der Waals surface area contributed by atoms with Crippen molar-refractivity contribution in [2.45, 2.75) is 51.0 Å². The van der Waals surface area contributed by atoms with Crippen molar-refractivity contribution in [1.82, 2.24) is 29.9 Å². The highest BCUT2D eigenvalue weighted by Crippen LogP contribution is 2.39. The molecule has 4 rings (SSSR count). The first-order valence-corrected chi connectivity index (χ1v) is 8.84. The van der Waals surface area contributed by atoms with Crippen LogP contribution in [0.2, 0.25) is 0 Å². The van der Waals surface area contributed by atoms with Crippen LogP contribution in [0.3, 0.4) is 0 Å². The van der Waals surface area contributed by atoms with Crippen molar-refractivity contribution in [3.63, 3.8) is 0 Å². The second kappa shape index (κ2) is 6.42. The van der Waals surface area contributed by atoms with E-state index in [1.165, 1.54) is 12.8 Å². The number of likely N-dealkylation sites (tertiary alicyclic amines) is 1. The van der Waals surface area contributed by atoms with Crippen molar-refractivity contribution in [3.8, 4) is 0 Å². The number of H-pyrrole nitrogens is 1. The maximum atomic E-state index is 12.4. The van der Waals surface area contributed by atoms with Gasteiger partial charge in [-0.1, -0.05) is 5.21 Å². The number of aryl methyl sites for hydroxylation is 2. The van der Waals surface area contributed by atoms with Gasteiger partial charge >= 0.3 is 0 Å². The molecule has 8 nitrogen and oxygen atoms in total. The molecule has 3 heterocycles. The summed E-state index contributed by atoms with van der Waals surface area (Å²) < 4.78 is 1.91. The van der Waals surface area contributed by atoms with Crippen LogP contribution in [0.15, 0.2) is 17.2 Å². The molecule has 8 heteroatoms. The van der Waals surface area contributed by atoms with Crippen LogP contribution in [0.25, 0.3) is 0 Å². The molecule has 132 valence electrons. The van der Waals surface area contributed by atoms with Gasteiger partial charge in [-0.25, -0.2) is 9.67 Å². The van der Waals surface area contributed by atoms with Crippen LogP contribution in [0.5, 0.6) is 0 Å². The number of carbonyl (C=O) groups is 1. The first-order valence-electron chi connectivity index (χ1n) is 8.84. The summed E-state index contributed by atoms with van der Waals surface area (Å²) in [4.78, 5) is 32.9. The molecule has 25 heavy (non-hydrogen) atoms. The van der Waals surface area contributed by atoms with Gasteiger partial charge in [0.05, 0.1) is 11.7 Å². The Morgan fingerprint density at radius 1 is 1.36 bits per heavy atom. The third-order valence-electron chi connectivity index (χ3n) is 5.02. The Morgan fingerprint density at radius 2 is 2.20 bits per heavy atom. The molecule has 0 radical (unpaired) electrons. The maximum absolute atomic E-state index is 12.4. The molecule has 1 aliphatic heterocycles. The van der Waals surface area contributed by atoms with Gasteiger partial charge in [0.15, 0.2) is 0 Å². The van der Waals surface area contributed by atoms with E-state index in [4.69, 9.17) is 0 Å². The van der Waals surface area contributed by atoms with E-state index in [1.54, 1.807) is 13.1 Å². The van der Waals surface area contributed by atoms with Gasteiger partial charge in [-0.15, -0.1) is 5.10 Å². The summed E-state index contributed by atoms with van der Waals surface area (Å²) >= 11 is 0. The first-order chi connectivity index (χ1) is 12.1. The van der Waals surface area contributed by atoms with E-state index in [0.29, 0.717) is 36.7 Å². The fourth-order valence-electron chi connectivity index (χ4n) is 3.31. The van der Waals surface area contributed by atoms with Crippen LogP contribution in [-0.2, 0) is 11.2 Å². The minimum absolute atomic E-state index is 0.0741. The number of amides is 1. The largest absolute Gasteiger partial charge is 0.340 e. The van der Waals surface area contributed by atoms with Crippen molar-refractivity contribution >= 4 is 5.91 Å². The molecular weight excluding hydrogens is 320 g/mol. The molecule has 1 saturated heterocycles. The Kier molecular flexibility index (Phi) is 4.10. The molecule has 1 amide bonds. The Hall–Kier alpha value is -2.51. The van der Waals surface area contributed by atoms with Crippen molar-refractivity contribution in [1.29, 1.82) is 0 Å². The number of aromatic nitrogens is 5. The zero-order valence-electron chi connectivity index (χ0n) is 14.3. The predicted octanol–water partition coefficient (Wildman–Crippen LogP) is 0.953. The van der Waals surface area contributed by atoms with Gasteiger partial charge in [0.25, 0.3) is 5.56 Å². The van der Waals surface area contributed by atoms with Gasteiger partial charge in [0, 0.05) is 43.4 Å². The smallest absolute Gasteiger partial charge is 0.254 e. The molecular formula is C17H22N6O2. The third-order valence-corrected chi connectivity index (χ3v) is 5.02. The molecule has 2 aromatic heterocycles. The normalized spacial score (nSPS) is 20.2. The molecule has 1 aliphatic carbocycles. The van der Waals surface area contributed by atoms with Gasteiger partial charge in [-0.2, -0.15) is 0 Å². The third kappa shape index (κ3) is 3.47. The molecule has 2 aliphatic rings. The van der Waals surface area contributed by atoms with Crippen LogP contribution < -0.4 is 5.56 Å². The van der Waals surface area contributed by atoms with Crippen molar-refractivity contribution in [2.75, 3.05) is 13.1 Å². The Labute approximate surface area is 145 Å². The Bertz CT molecular complexity index is 838. The number of rotatable bonds is 5. The number of hydrogen-bond acceptors (Lipinski definition) is 5. The number of carbonyl (C=O) groups excluding carboxylic acids is 1. The van der Waals surface area contributed by atoms with Crippen molar-refractivity contribution in [3.05, 3.63) is 39.8 Å². The first kappa shape index (κ1) is 16.0. The summed E-state index contributed by atoms with van der Waals surface area (Å²) in [6.45, 7) is 3.12. The van der Waals surface area contributed by atoms with Crippen LogP contribution in [0.4, 0.5) is 0 Å². The van der Waals surface area contributed by atoms with Crippen molar-refractivity contribution < 1.29 is 4.79 Å². The lowest BCUT2D eigenvalue weighted by molar-refractivity contribution is -0.130. The second-order valence-corrected chi connectivity index (χ2v) is 7.00. The number of aromatic amines is 1. The lowest BCUT2D eigenvalue weighted by Crippen LogP contribution is -2.30. The molecule has 2 fully saturated rings. The predicted molar refractivity (Wildman–Crippen MR) is 90.1 cm³/mol. The Balaban J connectivity index is 1.32. The molecule has 0 spiro atoms. The summed E-state index contributed by atoms with van der Waals surface area (Å²) in [7, 11) is 0. The SMILES string of the molecule is Cc1ncc(CCC(=O)N2CC[C@H](n3cc(C4CC4)nn3)C2)c(=O)[nH]1. The molecule has 2 aromatic rings. The highest BCUT2D eigenvalue weighted by Gasteiger charge is 2.31. The van der Waals surface area contributed by atoms with E-state index in [1.807, 2.05) is 15.8 Å². The van der Waals surface area contributed by atoms with E-state index >= 15 is 0 Å². The van der Waals surface area contributed by atoms with Crippen molar-refractivity contribution in [2.24, 2.45) is 0 Å². The minimum Gasteiger partial charge on any atom is -0.340 e. The molecule has 1 saturated carbocycles. The summed E-state index contributed by atoms with van der Waals surface area (Å²) in [6, 6.07) is 0.202. The monoisotopic (exact) mass is 342 g/mol. The lowest BCUT2D eigenvalue weighted by Gasteiger charge is -2.16. The van der Waals surface area contributed by atoms with Gasteiger partial charge in [-0.05, 0) is 32.6 Å². The van der Waals surface area contributed by atoms with Crippen LogP contribution in [-0.4, -0.2) is 48.9 Å². The summed E-state index contributed by atoms with van der Waals surface area (Å²) in [6.07, 6.45) is 7.65. The average Bonchev–Trinajstić information content (AvgIpc) is 3.12. The zero-order chi connectivity index (χ0) is 17.4. The highest BCUT2D eigenvalue weighted by atomic mass is 16.2. The van der Waals surface area contributed by atoms with Gasteiger partial charge in [0.1, 0.15) is 5.82 Å². The molecule has 0 unspecified atom stereocenters. The quantitative estimate of drug-likeness (QED) is 0.873. The number of nitrogens with one attached hydrogen (secondary N) is 1. The zero-order valence-corrected chi connectivity index (χ0v) is 14.3. The molecule has 0 bridgehead atoms. The second-order valence-electron chi connectivity index (χ2n) is 7.00. The number of nitrogens with zero attached hydrogens (tertiary/aromatic N) is 5. The summed E-state index contributed by atoms with van der Waals surface area (Å²) in [5.74, 6) is 1.25. The van der Waals surface area contributed by atoms with Crippen LogP contribution >= 0.6 is 0 Å². The maximum Gasteiger partial charge on any atom is 0.254 e. The molecule has 0 aromatic carbocycles. The van der Waals surface area contributed by atoms with Gasteiger partial charge in [0.2, 0.25) is 5.91 Å². The topological polar surface area (TPSA) is 96.8 Å². The minimum atomic E-state index is -0.158. The summed E-state index contributed by atoms with van der Waals surface area (Å²) in [5, 5.41) is 8.49. The number of hydrogen-bond donors (Lipinski definition) is 1. The average molecular weight is 342 g/mol. The van der Waals surface area contributed by atoms with Crippen LogP contribution in [0.1, 0.15) is 54.7 Å². The van der Waals surface area contributed by atoms with E-state index in [0.717, 1.165) is 18.7 Å². The van der Waals surface area contributed by atoms with Gasteiger partial charge in [-0.3, -0.25) is 9.59 Å². The fraction of sp³-hybridized carbons (Fsp3) is 0.588. The fourth-order valence-corrected chi connectivity index (χ4v) is 3.31. The molecule has 1 N–H and O–H groups in total. The summed E-state index contributed by atoms with van der Waals surface area (Å²) in [5.41, 5.74) is 1.48. The standard InChI is InChI=1S/C17H22N6O2/c1-11-18-8-13(17(25)19-11)4-5-16(24)22-7-6-14(9-22)23-10-15(20-21-23)12-2-3-12/h8,10,12,14H,2-7,9H2,1H3,(H,18,19,25)/t14-/m0/s1. The highest BCUT2D eigenvalue weighted by molar-refractivity contribution is 5.76. The van der Waals surface area contributed by atoms with Gasteiger partial charge < -0.3 is 9.88 Å². The van der Waals surface area contributed by atoms with Crippen LogP contribution in [0, 0.1) is 6.92 Å². The van der Waals surface area contributed by atoms with E-state index < -0.39 is 0 Å². The molecule has 1 atom stereocenters. The van der Waals surface area contributed by atoms with E-state index in [2.05, 4.69) is 20.3 Å². The lowest BCUT2D eigenvalue weighted by atomic mass is 10.2. The van der Waals surface area contributed by atoms with E-state index in [-0.39, 0.29) is 17.5 Å². The van der Waals surface area contributed by atoms with E-state index in [9.17, 15) is 9.59 Å².